The van der Waals surface area contributed by atoms with Gasteiger partial charge < -0.3 is 15.4 Å². The first kappa shape index (κ1) is 17.4. The van der Waals surface area contributed by atoms with Gasteiger partial charge in [0.05, 0.1) is 6.54 Å². The van der Waals surface area contributed by atoms with Crippen molar-refractivity contribution < 1.29 is 9.53 Å². The van der Waals surface area contributed by atoms with Crippen LogP contribution in [0.5, 0.6) is 0 Å². The molecule has 1 rings (SSSR count). The molecule has 0 aliphatic carbocycles. The highest BCUT2D eigenvalue weighted by Crippen LogP contribution is 2.15. The first-order valence-corrected chi connectivity index (χ1v) is 7.95. The smallest absolute Gasteiger partial charge is 0.234 e. The lowest BCUT2D eigenvalue weighted by molar-refractivity contribution is -0.122. The Labute approximate surface area is 123 Å². The summed E-state index contributed by atoms with van der Waals surface area (Å²) in [7, 11) is 1.68. The van der Waals surface area contributed by atoms with Crippen molar-refractivity contribution in [2.24, 2.45) is 5.92 Å². The van der Waals surface area contributed by atoms with E-state index in [0.29, 0.717) is 19.7 Å². The van der Waals surface area contributed by atoms with Crippen molar-refractivity contribution >= 4 is 5.91 Å². The van der Waals surface area contributed by atoms with Crippen LogP contribution in [0.4, 0.5) is 0 Å². The molecule has 118 valence electrons. The first-order chi connectivity index (χ1) is 9.76. The predicted molar refractivity (Wildman–Crippen MR) is 81.8 cm³/mol. The zero-order chi connectivity index (χ0) is 14.6. The average Bonchev–Trinajstić information content (AvgIpc) is 2.46. The molecule has 5 heteroatoms. The summed E-state index contributed by atoms with van der Waals surface area (Å²) in [4.78, 5) is 14.0. The molecule has 1 fully saturated rings. The SMILES string of the molecule is CCCNCC1CCN(CC(=O)NCCCOC)CC1. The normalized spacial score (nSPS) is 17.3. The topological polar surface area (TPSA) is 53.6 Å². The molecular weight excluding hydrogens is 254 g/mol. The van der Waals surface area contributed by atoms with E-state index in [1.807, 2.05) is 0 Å². The van der Waals surface area contributed by atoms with Crippen molar-refractivity contribution in [3.63, 3.8) is 0 Å². The Morgan fingerprint density at radius 2 is 2.05 bits per heavy atom. The quantitative estimate of drug-likeness (QED) is 0.584. The maximum Gasteiger partial charge on any atom is 0.234 e. The largest absolute Gasteiger partial charge is 0.385 e. The average molecular weight is 285 g/mol. The molecule has 0 atom stereocenters. The van der Waals surface area contributed by atoms with Crippen LogP contribution in [0.25, 0.3) is 0 Å². The molecule has 0 radical (unpaired) electrons. The Kier molecular flexibility index (Phi) is 9.62. The number of carbonyl (C=O) groups is 1. The summed E-state index contributed by atoms with van der Waals surface area (Å²) in [5.74, 6) is 0.922. The molecule has 1 aliphatic heterocycles. The Hall–Kier alpha value is -0.650. The number of likely N-dealkylation sites (tertiary alicyclic amines) is 1. The van der Waals surface area contributed by atoms with Gasteiger partial charge in [0, 0.05) is 20.3 Å². The number of piperidine rings is 1. The highest BCUT2D eigenvalue weighted by molar-refractivity contribution is 5.77. The summed E-state index contributed by atoms with van der Waals surface area (Å²) in [5, 5.41) is 6.44. The molecule has 0 unspecified atom stereocenters. The Balaban J connectivity index is 2.04. The van der Waals surface area contributed by atoms with Crippen LogP contribution in [0.1, 0.15) is 32.6 Å². The van der Waals surface area contributed by atoms with Gasteiger partial charge in [0.1, 0.15) is 0 Å². The van der Waals surface area contributed by atoms with Crippen LogP contribution >= 0.6 is 0 Å². The maximum absolute atomic E-state index is 11.8. The summed E-state index contributed by atoms with van der Waals surface area (Å²) in [6, 6.07) is 0. The van der Waals surface area contributed by atoms with Crippen molar-refractivity contribution in [3.05, 3.63) is 0 Å². The lowest BCUT2D eigenvalue weighted by Crippen LogP contribution is -2.43. The highest BCUT2D eigenvalue weighted by Gasteiger charge is 2.20. The third kappa shape index (κ3) is 7.82. The molecule has 2 N–H and O–H groups in total. The van der Waals surface area contributed by atoms with Gasteiger partial charge in [-0.05, 0) is 57.8 Å². The molecule has 20 heavy (non-hydrogen) atoms. The summed E-state index contributed by atoms with van der Waals surface area (Å²) < 4.78 is 4.96. The zero-order valence-electron chi connectivity index (χ0n) is 13.1. The van der Waals surface area contributed by atoms with Crippen molar-refractivity contribution in [2.45, 2.75) is 32.6 Å². The van der Waals surface area contributed by atoms with Gasteiger partial charge in [0.25, 0.3) is 0 Å². The molecule has 0 spiro atoms. The molecule has 0 aromatic rings. The number of amides is 1. The Morgan fingerprint density at radius 3 is 2.70 bits per heavy atom. The van der Waals surface area contributed by atoms with Gasteiger partial charge >= 0.3 is 0 Å². The van der Waals surface area contributed by atoms with E-state index in [9.17, 15) is 4.79 Å². The van der Waals surface area contributed by atoms with Gasteiger partial charge in [-0.15, -0.1) is 0 Å². The van der Waals surface area contributed by atoms with Gasteiger partial charge in [-0.1, -0.05) is 6.92 Å². The minimum Gasteiger partial charge on any atom is -0.385 e. The van der Waals surface area contributed by atoms with E-state index in [4.69, 9.17) is 4.74 Å². The Morgan fingerprint density at radius 1 is 1.30 bits per heavy atom. The second kappa shape index (κ2) is 11.1. The van der Waals surface area contributed by atoms with Crippen molar-refractivity contribution in [2.75, 3.05) is 53.0 Å². The molecule has 1 saturated heterocycles. The van der Waals surface area contributed by atoms with Crippen LogP contribution in [-0.2, 0) is 9.53 Å². The number of methoxy groups -OCH3 is 1. The van der Waals surface area contributed by atoms with E-state index in [1.54, 1.807) is 7.11 Å². The van der Waals surface area contributed by atoms with Crippen molar-refractivity contribution in [3.8, 4) is 0 Å². The first-order valence-electron chi connectivity index (χ1n) is 7.95. The molecular formula is C15H31N3O2. The zero-order valence-corrected chi connectivity index (χ0v) is 13.1. The number of nitrogens with one attached hydrogen (secondary N) is 2. The van der Waals surface area contributed by atoms with Gasteiger partial charge in [-0.3, -0.25) is 9.69 Å². The van der Waals surface area contributed by atoms with Crippen LogP contribution < -0.4 is 10.6 Å². The summed E-state index contributed by atoms with van der Waals surface area (Å²) in [6.07, 6.45) is 4.48. The maximum atomic E-state index is 11.8. The van der Waals surface area contributed by atoms with Crippen LogP contribution in [0, 0.1) is 5.92 Å². The van der Waals surface area contributed by atoms with E-state index in [0.717, 1.165) is 38.5 Å². The van der Waals surface area contributed by atoms with Gasteiger partial charge in [0.15, 0.2) is 0 Å². The van der Waals surface area contributed by atoms with E-state index >= 15 is 0 Å². The minimum absolute atomic E-state index is 0.142. The predicted octanol–water partition coefficient (Wildman–Crippen LogP) is 0.851. The van der Waals surface area contributed by atoms with E-state index in [2.05, 4.69) is 22.5 Å². The van der Waals surface area contributed by atoms with E-state index in [1.165, 1.54) is 19.3 Å². The third-order valence-electron chi connectivity index (χ3n) is 3.78. The number of hydrogen-bond acceptors (Lipinski definition) is 4. The van der Waals surface area contributed by atoms with Crippen molar-refractivity contribution in [1.82, 2.24) is 15.5 Å². The molecule has 0 bridgehead atoms. The summed E-state index contributed by atoms with van der Waals surface area (Å²) in [5.41, 5.74) is 0. The summed E-state index contributed by atoms with van der Waals surface area (Å²) >= 11 is 0. The van der Waals surface area contributed by atoms with E-state index in [-0.39, 0.29) is 5.91 Å². The second-order valence-corrected chi connectivity index (χ2v) is 5.62. The second-order valence-electron chi connectivity index (χ2n) is 5.62. The summed E-state index contributed by atoms with van der Waals surface area (Å²) in [6.45, 7) is 8.49. The third-order valence-corrected chi connectivity index (χ3v) is 3.78. The highest BCUT2D eigenvalue weighted by atomic mass is 16.5. The van der Waals surface area contributed by atoms with Gasteiger partial charge in [-0.2, -0.15) is 0 Å². The van der Waals surface area contributed by atoms with Crippen LogP contribution in [0.2, 0.25) is 0 Å². The molecule has 1 aliphatic rings. The number of rotatable bonds is 10. The van der Waals surface area contributed by atoms with Crippen LogP contribution in [0.3, 0.4) is 0 Å². The number of hydrogen-bond donors (Lipinski definition) is 2. The molecule has 0 aromatic heterocycles. The molecule has 0 saturated carbocycles. The molecule has 1 amide bonds. The standard InChI is InChI=1S/C15H31N3O2/c1-3-7-16-12-14-5-9-18(10-6-14)13-15(19)17-8-4-11-20-2/h14,16H,3-13H2,1-2H3,(H,17,19). The van der Waals surface area contributed by atoms with E-state index < -0.39 is 0 Å². The van der Waals surface area contributed by atoms with Gasteiger partial charge in [-0.25, -0.2) is 0 Å². The molecule has 1 heterocycles. The minimum atomic E-state index is 0.142. The Bertz CT molecular complexity index is 254. The molecule has 5 nitrogen and oxygen atoms in total. The fourth-order valence-corrected chi connectivity index (χ4v) is 2.53. The fraction of sp³-hybridized carbons (Fsp3) is 0.933. The molecule has 0 aromatic carbocycles. The van der Waals surface area contributed by atoms with Gasteiger partial charge in [0.2, 0.25) is 5.91 Å². The lowest BCUT2D eigenvalue weighted by atomic mass is 9.97. The van der Waals surface area contributed by atoms with Crippen molar-refractivity contribution in [1.29, 1.82) is 0 Å². The van der Waals surface area contributed by atoms with Crippen LogP contribution in [-0.4, -0.2) is 63.8 Å². The van der Waals surface area contributed by atoms with Crippen LogP contribution in [0.15, 0.2) is 0 Å². The fourth-order valence-electron chi connectivity index (χ4n) is 2.53. The number of ether oxygens (including phenoxy) is 1. The monoisotopic (exact) mass is 285 g/mol. The number of nitrogens with zero attached hydrogens (tertiary/aromatic N) is 1. The lowest BCUT2D eigenvalue weighted by Gasteiger charge is -2.31. The number of carbonyl (C=O) groups excluding carboxylic acids is 1.